The van der Waals surface area contributed by atoms with Gasteiger partial charge in [0.15, 0.2) is 5.75 Å². The van der Waals surface area contributed by atoms with Crippen LogP contribution in [0.4, 0.5) is 16.2 Å². The number of amides is 2. The summed E-state index contributed by atoms with van der Waals surface area (Å²) < 4.78 is 11.2. The highest BCUT2D eigenvalue weighted by Gasteiger charge is 2.27. The van der Waals surface area contributed by atoms with E-state index < -0.39 is 6.09 Å². The molecule has 0 saturated heterocycles. The fraction of sp³-hybridized carbons (Fsp3) is 0.130. The highest BCUT2D eigenvalue weighted by atomic mass is 16.5. The number of carbonyl (C=O) groups is 2. The topological polar surface area (TPSA) is 67.9 Å². The first kappa shape index (κ1) is 18.6. The van der Waals surface area contributed by atoms with Gasteiger partial charge in [-0.05, 0) is 42.8 Å². The Morgan fingerprint density at radius 2 is 1.76 bits per heavy atom. The molecule has 3 aromatic rings. The van der Waals surface area contributed by atoms with Crippen LogP contribution in [0.15, 0.2) is 72.8 Å². The number of ether oxygens (including phenoxy) is 2. The smallest absolute Gasteiger partial charge is 0.411 e. The molecule has 0 unspecified atom stereocenters. The number of nitrogens with zero attached hydrogens (tertiary/aromatic N) is 1. The quantitative estimate of drug-likeness (QED) is 0.666. The van der Waals surface area contributed by atoms with Crippen LogP contribution < -0.4 is 15.0 Å². The molecule has 0 atom stereocenters. The highest BCUT2D eigenvalue weighted by Crippen LogP contribution is 2.39. The Bertz CT molecular complexity index is 1050. The fourth-order valence-electron chi connectivity index (χ4n) is 3.19. The standard InChI is InChI=1S/C23H20N2O4/c1-2-25-19-10-6-7-11-21(19)29-20-13-12-17(14-18(20)22(25)26)24-23(27)28-15-16-8-4-3-5-9-16/h3-14H,2,15H2,1H3,(H,24,27). The van der Waals surface area contributed by atoms with E-state index in [1.807, 2.05) is 61.5 Å². The van der Waals surface area contributed by atoms with Crippen molar-refractivity contribution in [3.63, 3.8) is 0 Å². The molecule has 29 heavy (non-hydrogen) atoms. The lowest BCUT2D eigenvalue weighted by molar-refractivity contribution is 0.0988. The molecule has 6 nitrogen and oxygen atoms in total. The largest absolute Gasteiger partial charge is 0.454 e. The van der Waals surface area contributed by atoms with Gasteiger partial charge in [0.25, 0.3) is 5.91 Å². The van der Waals surface area contributed by atoms with Crippen molar-refractivity contribution < 1.29 is 19.1 Å². The summed E-state index contributed by atoms with van der Waals surface area (Å²) in [6.45, 7) is 2.57. The lowest BCUT2D eigenvalue weighted by Gasteiger charge is -2.19. The van der Waals surface area contributed by atoms with Crippen LogP contribution >= 0.6 is 0 Å². The maximum Gasteiger partial charge on any atom is 0.411 e. The molecular formula is C23H20N2O4. The molecule has 3 aromatic carbocycles. The van der Waals surface area contributed by atoms with Gasteiger partial charge in [0.05, 0.1) is 11.3 Å². The summed E-state index contributed by atoms with van der Waals surface area (Å²) in [6.07, 6.45) is -0.591. The number of fused-ring (bicyclic) bond motifs is 2. The molecule has 6 heteroatoms. The van der Waals surface area contributed by atoms with Gasteiger partial charge >= 0.3 is 6.09 Å². The molecule has 1 aliphatic heterocycles. The molecule has 0 saturated carbocycles. The van der Waals surface area contributed by atoms with Gasteiger partial charge in [-0.1, -0.05) is 42.5 Å². The van der Waals surface area contributed by atoms with E-state index in [1.54, 1.807) is 23.1 Å². The Labute approximate surface area is 168 Å². The van der Waals surface area contributed by atoms with Crippen molar-refractivity contribution >= 4 is 23.4 Å². The van der Waals surface area contributed by atoms with E-state index >= 15 is 0 Å². The Kier molecular flexibility index (Phi) is 5.16. The van der Waals surface area contributed by atoms with Gasteiger partial charge in [-0.25, -0.2) is 4.79 Å². The summed E-state index contributed by atoms with van der Waals surface area (Å²) in [4.78, 5) is 26.9. The lowest BCUT2D eigenvalue weighted by Crippen LogP contribution is -2.29. The number of para-hydroxylation sites is 2. The second kappa shape index (κ2) is 8.06. The van der Waals surface area contributed by atoms with Crippen molar-refractivity contribution in [3.05, 3.63) is 83.9 Å². The third-order valence-corrected chi connectivity index (χ3v) is 4.61. The van der Waals surface area contributed by atoms with Crippen molar-refractivity contribution in [2.24, 2.45) is 0 Å². The van der Waals surface area contributed by atoms with Crippen LogP contribution in [0.1, 0.15) is 22.8 Å². The first-order valence-electron chi connectivity index (χ1n) is 9.36. The van der Waals surface area contributed by atoms with Gasteiger partial charge in [-0.3, -0.25) is 10.1 Å². The third-order valence-electron chi connectivity index (χ3n) is 4.61. The van der Waals surface area contributed by atoms with Gasteiger partial charge in [0, 0.05) is 12.2 Å². The predicted molar refractivity (Wildman–Crippen MR) is 111 cm³/mol. The van der Waals surface area contributed by atoms with Crippen LogP contribution in [0.3, 0.4) is 0 Å². The second-order valence-corrected chi connectivity index (χ2v) is 6.52. The number of carbonyl (C=O) groups excluding carboxylic acids is 2. The third kappa shape index (κ3) is 3.91. The molecule has 0 bridgehead atoms. The minimum Gasteiger partial charge on any atom is -0.454 e. The first-order valence-corrected chi connectivity index (χ1v) is 9.36. The number of benzene rings is 3. The molecule has 1 heterocycles. The Balaban J connectivity index is 1.53. The van der Waals surface area contributed by atoms with Crippen LogP contribution in [-0.2, 0) is 11.3 Å². The SMILES string of the molecule is CCN1C(=O)c2cc(NC(=O)OCc3ccccc3)ccc2Oc2ccccc21. The molecule has 4 rings (SSSR count). The van der Waals surface area contributed by atoms with Crippen molar-refractivity contribution in [2.75, 3.05) is 16.8 Å². The molecule has 2 amide bonds. The van der Waals surface area contributed by atoms with E-state index in [9.17, 15) is 9.59 Å². The van der Waals surface area contributed by atoms with Gasteiger partial charge in [-0.2, -0.15) is 0 Å². The summed E-state index contributed by atoms with van der Waals surface area (Å²) in [7, 11) is 0. The summed E-state index contributed by atoms with van der Waals surface area (Å²) in [5.41, 5.74) is 2.45. The van der Waals surface area contributed by atoms with Crippen molar-refractivity contribution in [2.45, 2.75) is 13.5 Å². The van der Waals surface area contributed by atoms with E-state index in [1.165, 1.54) is 0 Å². The predicted octanol–water partition coefficient (Wildman–Crippen LogP) is 5.21. The monoisotopic (exact) mass is 388 g/mol. The lowest BCUT2D eigenvalue weighted by atomic mass is 10.1. The molecule has 0 aromatic heterocycles. The van der Waals surface area contributed by atoms with Crippen LogP contribution in [0.5, 0.6) is 11.5 Å². The minimum absolute atomic E-state index is 0.165. The molecule has 0 fully saturated rings. The van der Waals surface area contributed by atoms with Gasteiger partial charge < -0.3 is 14.4 Å². The molecular weight excluding hydrogens is 368 g/mol. The Morgan fingerprint density at radius 3 is 2.55 bits per heavy atom. The van der Waals surface area contributed by atoms with E-state index in [0.29, 0.717) is 35.0 Å². The highest BCUT2D eigenvalue weighted by molar-refractivity contribution is 6.10. The molecule has 146 valence electrons. The van der Waals surface area contributed by atoms with Gasteiger partial charge in [0.1, 0.15) is 12.4 Å². The average molecular weight is 388 g/mol. The second-order valence-electron chi connectivity index (χ2n) is 6.52. The van der Waals surface area contributed by atoms with Crippen LogP contribution in [0, 0.1) is 0 Å². The van der Waals surface area contributed by atoms with E-state index in [0.717, 1.165) is 5.56 Å². The number of nitrogens with one attached hydrogen (secondary N) is 1. The molecule has 1 N–H and O–H groups in total. The zero-order valence-electron chi connectivity index (χ0n) is 15.9. The first-order chi connectivity index (χ1) is 14.2. The van der Waals surface area contributed by atoms with E-state index in [4.69, 9.17) is 9.47 Å². The van der Waals surface area contributed by atoms with E-state index in [2.05, 4.69) is 5.32 Å². The molecule has 1 aliphatic rings. The maximum atomic E-state index is 13.1. The maximum absolute atomic E-state index is 13.1. The summed E-state index contributed by atoms with van der Waals surface area (Å²) in [6, 6.07) is 21.8. The zero-order valence-corrected chi connectivity index (χ0v) is 15.9. The van der Waals surface area contributed by atoms with E-state index in [-0.39, 0.29) is 12.5 Å². The van der Waals surface area contributed by atoms with Gasteiger partial charge in [-0.15, -0.1) is 0 Å². The van der Waals surface area contributed by atoms with Crippen molar-refractivity contribution in [3.8, 4) is 11.5 Å². The van der Waals surface area contributed by atoms with Crippen molar-refractivity contribution in [1.29, 1.82) is 0 Å². The molecule has 0 spiro atoms. The summed E-state index contributed by atoms with van der Waals surface area (Å²) >= 11 is 0. The minimum atomic E-state index is -0.591. The molecule has 0 radical (unpaired) electrons. The normalized spacial score (nSPS) is 12.3. The molecule has 0 aliphatic carbocycles. The average Bonchev–Trinajstić information content (AvgIpc) is 2.87. The van der Waals surface area contributed by atoms with Crippen LogP contribution in [0.2, 0.25) is 0 Å². The van der Waals surface area contributed by atoms with Gasteiger partial charge in [0.2, 0.25) is 0 Å². The zero-order chi connectivity index (χ0) is 20.2. The number of anilines is 2. The summed E-state index contributed by atoms with van der Waals surface area (Å²) in [5.74, 6) is 0.875. The van der Waals surface area contributed by atoms with Crippen LogP contribution in [0.25, 0.3) is 0 Å². The Hall–Kier alpha value is -3.80. The fourth-order valence-corrected chi connectivity index (χ4v) is 3.19. The Morgan fingerprint density at radius 1 is 1.00 bits per heavy atom. The van der Waals surface area contributed by atoms with Crippen LogP contribution in [-0.4, -0.2) is 18.5 Å². The summed E-state index contributed by atoms with van der Waals surface area (Å²) in [5, 5.41) is 2.67. The number of rotatable bonds is 4. The number of hydrogen-bond acceptors (Lipinski definition) is 4. The number of hydrogen-bond donors (Lipinski definition) is 1. The van der Waals surface area contributed by atoms with Crippen molar-refractivity contribution in [1.82, 2.24) is 0 Å².